The highest BCUT2D eigenvalue weighted by Crippen LogP contribution is 2.45. The van der Waals surface area contributed by atoms with Gasteiger partial charge in [0.15, 0.2) is 0 Å². The maximum Gasteiger partial charge on any atom is 0.292 e. The average Bonchev–Trinajstić information content (AvgIpc) is 3.01. The molecule has 0 N–H and O–H groups in total. The topological polar surface area (TPSA) is 87.5 Å². The molecule has 3 rings (SSSR count). The fourth-order valence-electron chi connectivity index (χ4n) is 2.51. The van der Waals surface area contributed by atoms with E-state index in [1.54, 1.807) is 0 Å². The summed E-state index contributed by atoms with van der Waals surface area (Å²) in [6.07, 6.45) is 0. The molecule has 0 bridgehead atoms. The molecule has 20 heavy (non-hydrogen) atoms. The molecule has 0 saturated carbocycles. The number of benzene rings is 1. The molecule has 2 aliphatic heterocycles. The molecule has 104 valence electrons. The molecule has 0 aliphatic carbocycles. The number of nitrogens with zero attached hydrogens (tertiary/aromatic N) is 4. The summed E-state index contributed by atoms with van der Waals surface area (Å²) in [7, 11) is 0. The number of hydrogen-bond donors (Lipinski definition) is 0. The number of carbonyl (C=O) groups excluding carboxylic acids is 1. The Morgan fingerprint density at radius 1 is 1.45 bits per heavy atom. The van der Waals surface area contributed by atoms with E-state index >= 15 is 0 Å². The zero-order valence-corrected chi connectivity index (χ0v) is 10.5. The van der Waals surface area contributed by atoms with Gasteiger partial charge in [-0.3, -0.25) is 4.79 Å². The van der Waals surface area contributed by atoms with Crippen molar-refractivity contribution in [2.75, 3.05) is 31.2 Å². The first-order chi connectivity index (χ1) is 9.69. The van der Waals surface area contributed by atoms with E-state index < -0.39 is 17.5 Å². The minimum Gasteiger partial charge on any atom is -0.336 e. The highest BCUT2D eigenvalue weighted by atomic mass is 19.1. The molecule has 7 nitrogen and oxygen atoms in total. The maximum atomic E-state index is 13.5. The number of rotatable bonds is 3. The van der Waals surface area contributed by atoms with Crippen LogP contribution in [0.2, 0.25) is 0 Å². The minimum absolute atomic E-state index is 0.120. The molecule has 1 aromatic carbocycles. The molecule has 1 amide bonds. The SMILES string of the molecule is [N-]=[N+]=NCCN1C(=O)C2(OCCO2)c2cc(F)ccc21. The van der Waals surface area contributed by atoms with Crippen molar-refractivity contribution in [1.82, 2.24) is 0 Å². The highest BCUT2D eigenvalue weighted by Gasteiger charge is 2.55. The van der Waals surface area contributed by atoms with Crippen LogP contribution >= 0.6 is 0 Å². The van der Waals surface area contributed by atoms with Crippen molar-refractivity contribution in [3.8, 4) is 0 Å². The molecule has 0 aromatic heterocycles. The van der Waals surface area contributed by atoms with Crippen LogP contribution < -0.4 is 4.90 Å². The molecule has 0 atom stereocenters. The molecule has 0 unspecified atom stereocenters. The Kier molecular flexibility index (Phi) is 3.06. The van der Waals surface area contributed by atoms with E-state index in [9.17, 15) is 9.18 Å². The smallest absolute Gasteiger partial charge is 0.292 e. The summed E-state index contributed by atoms with van der Waals surface area (Å²) in [6, 6.07) is 4.01. The molecular formula is C12H11FN4O3. The van der Waals surface area contributed by atoms with Crippen LogP contribution in [-0.2, 0) is 20.1 Å². The number of carbonyl (C=O) groups is 1. The summed E-state index contributed by atoms with van der Waals surface area (Å²) in [5, 5.41) is 3.41. The summed E-state index contributed by atoms with van der Waals surface area (Å²) >= 11 is 0. The second-order valence-corrected chi connectivity index (χ2v) is 4.39. The monoisotopic (exact) mass is 278 g/mol. The lowest BCUT2D eigenvalue weighted by atomic mass is 10.1. The average molecular weight is 278 g/mol. The number of halogens is 1. The van der Waals surface area contributed by atoms with Crippen LogP contribution in [-0.4, -0.2) is 32.2 Å². The summed E-state index contributed by atoms with van der Waals surface area (Å²) in [4.78, 5) is 16.6. The highest BCUT2D eigenvalue weighted by molar-refractivity contribution is 6.06. The van der Waals surface area contributed by atoms with Gasteiger partial charge in [-0.15, -0.1) is 0 Å². The zero-order valence-electron chi connectivity index (χ0n) is 10.5. The van der Waals surface area contributed by atoms with Crippen LogP contribution in [0.15, 0.2) is 23.3 Å². The van der Waals surface area contributed by atoms with Crippen LogP contribution in [0.25, 0.3) is 10.4 Å². The molecule has 1 spiro atoms. The quantitative estimate of drug-likeness (QED) is 0.478. The van der Waals surface area contributed by atoms with Gasteiger partial charge in [-0.1, -0.05) is 5.11 Å². The Morgan fingerprint density at radius 3 is 2.90 bits per heavy atom. The van der Waals surface area contributed by atoms with E-state index in [-0.39, 0.29) is 26.3 Å². The van der Waals surface area contributed by atoms with Crippen LogP contribution in [0.1, 0.15) is 5.56 Å². The van der Waals surface area contributed by atoms with Crippen molar-refractivity contribution in [2.24, 2.45) is 5.11 Å². The van der Waals surface area contributed by atoms with Gasteiger partial charge in [-0.25, -0.2) is 4.39 Å². The van der Waals surface area contributed by atoms with Gasteiger partial charge < -0.3 is 14.4 Å². The second kappa shape index (κ2) is 4.75. The van der Waals surface area contributed by atoms with Crippen molar-refractivity contribution in [3.05, 3.63) is 40.0 Å². The molecule has 2 aliphatic rings. The molecule has 1 saturated heterocycles. The number of ether oxygens (including phenoxy) is 2. The Labute approximate surface area is 113 Å². The fraction of sp³-hybridized carbons (Fsp3) is 0.417. The largest absolute Gasteiger partial charge is 0.336 e. The van der Waals surface area contributed by atoms with Gasteiger partial charge in [0.05, 0.1) is 18.9 Å². The first-order valence-corrected chi connectivity index (χ1v) is 6.10. The third-order valence-corrected chi connectivity index (χ3v) is 3.31. The van der Waals surface area contributed by atoms with Crippen molar-refractivity contribution in [2.45, 2.75) is 5.79 Å². The third-order valence-electron chi connectivity index (χ3n) is 3.31. The first kappa shape index (κ1) is 12.9. The number of azide groups is 1. The molecule has 0 radical (unpaired) electrons. The van der Waals surface area contributed by atoms with E-state index in [1.165, 1.54) is 23.1 Å². The Morgan fingerprint density at radius 2 is 2.20 bits per heavy atom. The Bertz CT molecular complexity index is 609. The van der Waals surface area contributed by atoms with Crippen LogP contribution in [0.3, 0.4) is 0 Å². The zero-order chi connectivity index (χ0) is 14.2. The van der Waals surface area contributed by atoms with Crippen molar-refractivity contribution in [3.63, 3.8) is 0 Å². The lowest BCUT2D eigenvalue weighted by Gasteiger charge is -2.21. The summed E-state index contributed by atoms with van der Waals surface area (Å²) < 4.78 is 24.3. The second-order valence-electron chi connectivity index (χ2n) is 4.39. The third kappa shape index (κ3) is 1.74. The molecule has 2 heterocycles. The lowest BCUT2D eigenvalue weighted by Crippen LogP contribution is -2.42. The van der Waals surface area contributed by atoms with Gasteiger partial charge in [-0.2, -0.15) is 0 Å². The molecule has 8 heteroatoms. The number of hydrogen-bond acceptors (Lipinski definition) is 4. The molecular weight excluding hydrogens is 267 g/mol. The van der Waals surface area contributed by atoms with E-state index in [2.05, 4.69) is 10.0 Å². The van der Waals surface area contributed by atoms with E-state index in [0.717, 1.165) is 0 Å². The number of fused-ring (bicyclic) bond motifs is 2. The van der Waals surface area contributed by atoms with E-state index in [4.69, 9.17) is 15.0 Å². The van der Waals surface area contributed by atoms with Crippen molar-refractivity contribution >= 4 is 11.6 Å². The van der Waals surface area contributed by atoms with E-state index in [1.807, 2.05) is 0 Å². The number of anilines is 1. The maximum absolute atomic E-state index is 13.5. The van der Waals surface area contributed by atoms with Crippen LogP contribution in [0, 0.1) is 5.82 Å². The normalized spacial score (nSPS) is 19.2. The van der Waals surface area contributed by atoms with E-state index in [0.29, 0.717) is 11.3 Å². The van der Waals surface area contributed by atoms with Gasteiger partial charge in [-0.05, 0) is 23.7 Å². The summed E-state index contributed by atoms with van der Waals surface area (Å²) in [6.45, 7) is 0.850. The summed E-state index contributed by atoms with van der Waals surface area (Å²) in [5.41, 5.74) is 9.18. The molecule has 1 fully saturated rings. The van der Waals surface area contributed by atoms with Gasteiger partial charge >= 0.3 is 0 Å². The fourth-order valence-corrected chi connectivity index (χ4v) is 2.51. The molecule has 1 aromatic rings. The first-order valence-electron chi connectivity index (χ1n) is 6.10. The van der Waals surface area contributed by atoms with Gasteiger partial charge in [0.2, 0.25) is 0 Å². The lowest BCUT2D eigenvalue weighted by molar-refractivity contribution is -0.180. The van der Waals surface area contributed by atoms with Crippen molar-refractivity contribution < 1.29 is 18.7 Å². The van der Waals surface area contributed by atoms with Gasteiger partial charge in [0.1, 0.15) is 5.82 Å². The number of amides is 1. The Balaban J connectivity index is 2.03. The summed E-state index contributed by atoms with van der Waals surface area (Å²) in [5.74, 6) is -2.43. The minimum atomic E-state index is -1.55. The predicted molar refractivity (Wildman–Crippen MR) is 66.3 cm³/mol. The van der Waals surface area contributed by atoms with Crippen molar-refractivity contribution in [1.29, 1.82) is 0 Å². The Hall–Kier alpha value is -2.15. The predicted octanol–water partition coefficient (Wildman–Crippen LogP) is 1.68. The van der Waals surface area contributed by atoms with Crippen LogP contribution in [0.4, 0.5) is 10.1 Å². The van der Waals surface area contributed by atoms with Gasteiger partial charge in [0, 0.05) is 23.6 Å². The van der Waals surface area contributed by atoms with Crippen LogP contribution in [0.5, 0.6) is 0 Å². The van der Waals surface area contributed by atoms with Gasteiger partial charge in [0.25, 0.3) is 11.7 Å². The standard InChI is InChI=1S/C12H11FN4O3/c13-8-1-2-10-9(7-8)12(19-5-6-20-12)11(18)17(10)4-3-15-16-14/h1-2,7H,3-6H2.